The summed E-state index contributed by atoms with van der Waals surface area (Å²) in [5, 5.41) is 4.21. The van der Waals surface area contributed by atoms with Crippen molar-refractivity contribution in [3.8, 4) is 11.6 Å². The van der Waals surface area contributed by atoms with E-state index in [1.165, 1.54) is 0 Å². The first-order valence-electron chi connectivity index (χ1n) is 10.1. The summed E-state index contributed by atoms with van der Waals surface area (Å²) in [6.45, 7) is 10.0. The van der Waals surface area contributed by atoms with Gasteiger partial charge in [0.05, 0.1) is 6.04 Å². The molecule has 0 fully saturated rings. The van der Waals surface area contributed by atoms with Gasteiger partial charge < -0.3 is 20.4 Å². The smallest absolute Gasteiger partial charge is 0.230 e. The number of nitrogen functional groups attached to an aromatic ring is 1. The third kappa shape index (κ3) is 4.43. The number of aromatic nitrogens is 3. The van der Waals surface area contributed by atoms with Crippen LogP contribution in [0.4, 0.5) is 17.3 Å². The number of anilines is 3. The van der Waals surface area contributed by atoms with E-state index < -0.39 is 0 Å². The maximum atomic E-state index is 5.99. The highest BCUT2D eigenvalue weighted by Crippen LogP contribution is 2.30. The van der Waals surface area contributed by atoms with Gasteiger partial charge in [-0.05, 0) is 48.4 Å². The van der Waals surface area contributed by atoms with Crippen molar-refractivity contribution >= 4 is 28.2 Å². The summed E-state index contributed by atoms with van der Waals surface area (Å²) in [7, 11) is 0. The number of hydrogen-bond acceptors (Lipinski definition) is 5. The second-order valence-electron chi connectivity index (χ2n) is 7.34. The Bertz CT molecular complexity index is 1230. The SMILES string of the molecule is C=CC(C)C(C=C)n1ccc2cc(Oc3ccnc(Nc4cccc(N)c4)n3)ccc21. The Balaban J connectivity index is 1.55. The second kappa shape index (κ2) is 8.75. The molecule has 0 bridgehead atoms. The van der Waals surface area contributed by atoms with Gasteiger partial charge in [-0.1, -0.05) is 25.1 Å². The maximum absolute atomic E-state index is 5.99. The Hall–Kier alpha value is -4.06. The van der Waals surface area contributed by atoms with Crippen LogP contribution < -0.4 is 15.8 Å². The van der Waals surface area contributed by atoms with Crippen LogP contribution in [-0.4, -0.2) is 14.5 Å². The van der Waals surface area contributed by atoms with Crippen molar-refractivity contribution in [1.82, 2.24) is 14.5 Å². The van der Waals surface area contributed by atoms with Crippen LogP contribution in [-0.2, 0) is 0 Å². The summed E-state index contributed by atoms with van der Waals surface area (Å²) in [5.74, 6) is 1.86. The third-order valence-electron chi connectivity index (χ3n) is 5.16. The summed E-state index contributed by atoms with van der Waals surface area (Å²) in [4.78, 5) is 8.69. The topological polar surface area (TPSA) is 78.0 Å². The van der Waals surface area contributed by atoms with Gasteiger partial charge in [-0.2, -0.15) is 4.98 Å². The van der Waals surface area contributed by atoms with Gasteiger partial charge in [0.1, 0.15) is 5.75 Å². The summed E-state index contributed by atoms with van der Waals surface area (Å²) >= 11 is 0. The number of benzene rings is 2. The van der Waals surface area contributed by atoms with Crippen LogP contribution >= 0.6 is 0 Å². The van der Waals surface area contributed by atoms with E-state index in [4.69, 9.17) is 10.5 Å². The van der Waals surface area contributed by atoms with Crippen LogP contribution in [0.3, 0.4) is 0 Å². The molecular weight excluding hydrogens is 386 g/mol. The van der Waals surface area contributed by atoms with Gasteiger partial charge in [-0.15, -0.1) is 13.2 Å². The highest BCUT2D eigenvalue weighted by molar-refractivity contribution is 5.82. The summed E-state index contributed by atoms with van der Waals surface area (Å²) < 4.78 is 8.20. The second-order valence-corrected chi connectivity index (χ2v) is 7.34. The lowest BCUT2D eigenvalue weighted by atomic mass is 10.0. The van der Waals surface area contributed by atoms with Crippen LogP contribution in [0.2, 0.25) is 0 Å². The third-order valence-corrected chi connectivity index (χ3v) is 5.16. The van der Waals surface area contributed by atoms with Crippen molar-refractivity contribution in [1.29, 1.82) is 0 Å². The Morgan fingerprint density at radius 3 is 2.74 bits per heavy atom. The molecule has 0 aliphatic rings. The Kier molecular flexibility index (Phi) is 5.71. The molecule has 0 saturated heterocycles. The lowest BCUT2D eigenvalue weighted by Gasteiger charge is -2.20. The van der Waals surface area contributed by atoms with E-state index in [9.17, 15) is 0 Å². The molecule has 2 aromatic heterocycles. The fourth-order valence-corrected chi connectivity index (χ4v) is 3.51. The Morgan fingerprint density at radius 2 is 1.97 bits per heavy atom. The highest BCUT2D eigenvalue weighted by Gasteiger charge is 2.15. The number of rotatable bonds is 8. The van der Waals surface area contributed by atoms with Crippen molar-refractivity contribution in [3.63, 3.8) is 0 Å². The molecule has 6 heteroatoms. The first-order chi connectivity index (χ1) is 15.1. The number of nitrogens with two attached hydrogens (primary N) is 1. The minimum atomic E-state index is 0.143. The van der Waals surface area contributed by atoms with Gasteiger partial charge in [0.15, 0.2) is 0 Å². The van der Waals surface area contributed by atoms with Crippen LogP contribution in [0.1, 0.15) is 13.0 Å². The quantitative estimate of drug-likeness (QED) is 0.271. The summed E-state index contributed by atoms with van der Waals surface area (Å²) in [5.41, 5.74) is 8.41. The molecule has 0 aliphatic heterocycles. The van der Waals surface area contributed by atoms with E-state index in [-0.39, 0.29) is 12.0 Å². The van der Waals surface area contributed by atoms with Gasteiger partial charge in [-0.25, -0.2) is 4.98 Å². The minimum absolute atomic E-state index is 0.143. The van der Waals surface area contributed by atoms with Crippen LogP contribution in [0.5, 0.6) is 11.6 Å². The van der Waals surface area contributed by atoms with Crippen molar-refractivity contribution in [3.05, 3.63) is 92.3 Å². The van der Waals surface area contributed by atoms with Gasteiger partial charge in [0, 0.05) is 40.7 Å². The molecule has 3 N–H and O–H groups in total. The first kappa shape index (κ1) is 20.2. The zero-order chi connectivity index (χ0) is 21.8. The van der Waals surface area contributed by atoms with E-state index in [2.05, 4.69) is 52.2 Å². The fraction of sp³-hybridized carbons (Fsp3) is 0.120. The number of hydrogen-bond donors (Lipinski definition) is 2. The van der Waals surface area contributed by atoms with E-state index >= 15 is 0 Å². The van der Waals surface area contributed by atoms with Gasteiger partial charge in [0.25, 0.3) is 0 Å². The molecule has 156 valence electrons. The normalized spacial score (nSPS) is 12.8. The molecule has 2 atom stereocenters. The molecule has 4 aromatic rings. The lowest BCUT2D eigenvalue weighted by molar-refractivity contribution is 0.463. The molecule has 2 heterocycles. The average molecular weight is 412 g/mol. The molecular formula is C25H25N5O. The molecule has 2 aromatic carbocycles. The van der Waals surface area contributed by atoms with Gasteiger partial charge >= 0.3 is 0 Å². The number of ether oxygens (including phenoxy) is 1. The monoisotopic (exact) mass is 411 g/mol. The highest BCUT2D eigenvalue weighted by atomic mass is 16.5. The number of nitrogens with one attached hydrogen (secondary N) is 1. The van der Waals surface area contributed by atoms with Crippen molar-refractivity contribution in [2.75, 3.05) is 11.1 Å². The standard InChI is InChI=1S/C25H25N5O/c1-4-17(3)22(5-2)30-14-12-18-15-21(9-10-23(18)30)31-24-11-13-27-25(29-24)28-20-8-6-7-19(26)16-20/h4-17,22H,1-2,26H2,3H3,(H,27,28,29). The van der Waals surface area contributed by atoms with Crippen LogP contribution in [0.25, 0.3) is 10.9 Å². The number of nitrogens with zero attached hydrogens (tertiary/aromatic N) is 3. The molecule has 0 aliphatic carbocycles. The Morgan fingerprint density at radius 1 is 1.10 bits per heavy atom. The van der Waals surface area contributed by atoms with E-state index in [1.807, 2.05) is 54.6 Å². The van der Waals surface area contributed by atoms with Crippen LogP contribution in [0, 0.1) is 5.92 Å². The zero-order valence-corrected chi connectivity index (χ0v) is 17.4. The molecule has 4 rings (SSSR count). The van der Waals surface area contributed by atoms with Crippen molar-refractivity contribution in [2.45, 2.75) is 13.0 Å². The van der Waals surface area contributed by atoms with E-state index in [0.29, 0.717) is 23.3 Å². The molecule has 0 radical (unpaired) electrons. The maximum Gasteiger partial charge on any atom is 0.230 e. The first-order valence-corrected chi connectivity index (χ1v) is 10.1. The Labute approximate surface area is 181 Å². The average Bonchev–Trinajstić information content (AvgIpc) is 3.17. The predicted molar refractivity (Wildman–Crippen MR) is 127 cm³/mol. The molecule has 0 saturated carbocycles. The summed E-state index contributed by atoms with van der Waals surface area (Å²) in [6.07, 6.45) is 7.61. The number of fused-ring (bicyclic) bond motifs is 1. The number of allylic oxidation sites excluding steroid dienone is 2. The van der Waals surface area contributed by atoms with Gasteiger partial charge in [0.2, 0.25) is 11.8 Å². The van der Waals surface area contributed by atoms with E-state index in [1.54, 1.807) is 12.3 Å². The largest absolute Gasteiger partial charge is 0.439 e. The zero-order valence-electron chi connectivity index (χ0n) is 17.4. The molecule has 2 unspecified atom stereocenters. The minimum Gasteiger partial charge on any atom is -0.439 e. The molecule has 0 amide bonds. The van der Waals surface area contributed by atoms with Crippen molar-refractivity contribution in [2.24, 2.45) is 5.92 Å². The lowest BCUT2D eigenvalue weighted by Crippen LogP contribution is -2.12. The van der Waals surface area contributed by atoms with Crippen LogP contribution in [0.15, 0.2) is 92.3 Å². The molecule has 0 spiro atoms. The molecule has 31 heavy (non-hydrogen) atoms. The summed E-state index contributed by atoms with van der Waals surface area (Å²) in [6, 6.07) is 17.3. The van der Waals surface area contributed by atoms with E-state index in [0.717, 1.165) is 16.6 Å². The van der Waals surface area contributed by atoms with Gasteiger partial charge in [-0.3, -0.25) is 0 Å². The predicted octanol–water partition coefficient (Wildman–Crippen LogP) is 6.10. The van der Waals surface area contributed by atoms with Crippen molar-refractivity contribution < 1.29 is 4.74 Å². The fourth-order valence-electron chi connectivity index (χ4n) is 3.51. The molecule has 6 nitrogen and oxygen atoms in total.